The highest BCUT2D eigenvalue weighted by atomic mass is 15.3. The molecule has 2 saturated heterocycles. The Morgan fingerprint density at radius 1 is 1.10 bits per heavy atom. The van der Waals surface area contributed by atoms with E-state index in [0.29, 0.717) is 5.92 Å². The van der Waals surface area contributed by atoms with Crippen molar-refractivity contribution in [2.45, 2.75) is 57.4 Å². The smallest absolute Gasteiger partial charge is 0.191 e. The van der Waals surface area contributed by atoms with Gasteiger partial charge in [0.15, 0.2) is 5.96 Å². The van der Waals surface area contributed by atoms with E-state index < -0.39 is 0 Å². The summed E-state index contributed by atoms with van der Waals surface area (Å²) in [5, 5.41) is 7.25. The molecule has 2 fully saturated rings. The predicted octanol–water partition coefficient (Wildman–Crippen LogP) is 3.21. The normalized spacial score (nSPS) is 22.3. The van der Waals surface area contributed by atoms with Crippen molar-refractivity contribution in [2.24, 2.45) is 4.99 Å². The molecule has 3 rings (SSSR count). The molecule has 5 nitrogen and oxygen atoms in total. The topological polar surface area (TPSA) is 42.9 Å². The number of guanidine groups is 1. The molecule has 0 aromatic heterocycles. The van der Waals surface area contributed by atoms with Crippen LogP contribution >= 0.6 is 0 Å². The van der Waals surface area contributed by atoms with Gasteiger partial charge >= 0.3 is 0 Å². The van der Waals surface area contributed by atoms with Crippen LogP contribution in [-0.4, -0.2) is 74.7 Å². The first-order valence-corrected chi connectivity index (χ1v) is 11.5. The van der Waals surface area contributed by atoms with Gasteiger partial charge in [0.2, 0.25) is 0 Å². The van der Waals surface area contributed by atoms with Crippen LogP contribution in [0.25, 0.3) is 0 Å². The maximum atomic E-state index is 4.51. The molecule has 0 radical (unpaired) electrons. The summed E-state index contributed by atoms with van der Waals surface area (Å²) in [6, 6.07) is 8.81. The van der Waals surface area contributed by atoms with Crippen LogP contribution in [0.4, 0.5) is 0 Å². The van der Waals surface area contributed by atoms with Crippen molar-refractivity contribution < 1.29 is 0 Å². The molecule has 1 atom stereocenters. The summed E-state index contributed by atoms with van der Waals surface area (Å²) in [4.78, 5) is 9.76. The molecule has 162 valence electrons. The predicted molar refractivity (Wildman–Crippen MR) is 124 cm³/mol. The minimum Gasteiger partial charge on any atom is -0.356 e. The fraction of sp³-hybridized carbons (Fsp3) is 0.708. The van der Waals surface area contributed by atoms with Crippen molar-refractivity contribution in [3.63, 3.8) is 0 Å². The molecular formula is C24H41N5. The van der Waals surface area contributed by atoms with Crippen LogP contribution in [0.3, 0.4) is 0 Å². The first-order chi connectivity index (χ1) is 14.0. The van der Waals surface area contributed by atoms with Crippen LogP contribution in [0.15, 0.2) is 29.3 Å². The van der Waals surface area contributed by atoms with E-state index in [9.17, 15) is 0 Å². The molecule has 29 heavy (non-hydrogen) atoms. The zero-order valence-electron chi connectivity index (χ0n) is 19.0. The third kappa shape index (κ3) is 5.95. The lowest BCUT2D eigenvalue weighted by molar-refractivity contribution is 0.0173. The van der Waals surface area contributed by atoms with Gasteiger partial charge in [-0.25, -0.2) is 0 Å². The largest absolute Gasteiger partial charge is 0.356 e. The Hall–Kier alpha value is -1.59. The molecule has 5 heteroatoms. The molecule has 1 aromatic rings. The van der Waals surface area contributed by atoms with Crippen LogP contribution < -0.4 is 10.6 Å². The molecule has 2 aliphatic rings. The summed E-state index contributed by atoms with van der Waals surface area (Å²) in [5.74, 6) is 1.38. The van der Waals surface area contributed by atoms with Gasteiger partial charge in [0.1, 0.15) is 0 Å². The molecule has 1 unspecified atom stereocenters. The third-order valence-electron chi connectivity index (χ3n) is 6.94. The number of likely N-dealkylation sites (tertiary alicyclic amines) is 2. The van der Waals surface area contributed by atoms with Crippen LogP contribution in [-0.2, 0) is 0 Å². The Kier molecular flexibility index (Phi) is 7.96. The van der Waals surface area contributed by atoms with Gasteiger partial charge in [0.05, 0.1) is 0 Å². The summed E-state index contributed by atoms with van der Waals surface area (Å²) < 4.78 is 0. The third-order valence-corrected chi connectivity index (χ3v) is 6.94. The zero-order valence-corrected chi connectivity index (χ0v) is 19.0. The minimum atomic E-state index is 0.271. The summed E-state index contributed by atoms with van der Waals surface area (Å²) >= 11 is 0. The van der Waals surface area contributed by atoms with E-state index in [2.05, 4.69) is 70.6 Å². The van der Waals surface area contributed by atoms with Gasteiger partial charge in [-0.1, -0.05) is 43.2 Å². The van der Waals surface area contributed by atoms with Gasteiger partial charge < -0.3 is 15.5 Å². The van der Waals surface area contributed by atoms with E-state index >= 15 is 0 Å². The van der Waals surface area contributed by atoms with Crippen molar-refractivity contribution in [3.8, 4) is 0 Å². The number of rotatable bonds is 6. The van der Waals surface area contributed by atoms with E-state index in [4.69, 9.17) is 0 Å². The SMILES string of the molecule is CN=C(NCC(C)c1cccc(C)c1)NCC1(N2CCCCC2)CCN(C)CC1. The lowest BCUT2D eigenvalue weighted by Crippen LogP contribution is -2.62. The van der Waals surface area contributed by atoms with Crippen molar-refractivity contribution in [2.75, 3.05) is 53.4 Å². The van der Waals surface area contributed by atoms with Gasteiger partial charge in [-0.3, -0.25) is 9.89 Å². The van der Waals surface area contributed by atoms with E-state index in [0.717, 1.165) is 19.0 Å². The maximum absolute atomic E-state index is 4.51. The molecule has 2 aliphatic heterocycles. The number of nitrogens with one attached hydrogen (secondary N) is 2. The zero-order chi connectivity index (χ0) is 20.7. The van der Waals surface area contributed by atoms with Gasteiger partial charge in [0.25, 0.3) is 0 Å². The molecule has 0 spiro atoms. The Morgan fingerprint density at radius 3 is 2.48 bits per heavy atom. The Labute approximate surface area is 178 Å². The maximum Gasteiger partial charge on any atom is 0.191 e. The molecule has 2 heterocycles. The minimum absolute atomic E-state index is 0.271. The van der Waals surface area contributed by atoms with E-state index in [-0.39, 0.29) is 5.54 Å². The van der Waals surface area contributed by atoms with Gasteiger partial charge in [-0.2, -0.15) is 0 Å². The second kappa shape index (κ2) is 10.4. The number of benzene rings is 1. The average molecular weight is 400 g/mol. The fourth-order valence-electron chi connectivity index (χ4n) is 4.82. The van der Waals surface area contributed by atoms with Gasteiger partial charge in [-0.15, -0.1) is 0 Å². The average Bonchev–Trinajstić information content (AvgIpc) is 2.75. The first kappa shape index (κ1) is 22.1. The molecule has 0 aliphatic carbocycles. The molecular weight excluding hydrogens is 358 g/mol. The summed E-state index contributed by atoms with van der Waals surface area (Å²) in [6.45, 7) is 11.2. The van der Waals surface area contributed by atoms with Crippen LogP contribution in [0, 0.1) is 6.92 Å². The Balaban J connectivity index is 1.57. The second-order valence-electron chi connectivity index (χ2n) is 9.20. The molecule has 2 N–H and O–H groups in total. The Morgan fingerprint density at radius 2 is 1.83 bits per heavy atom. The number of piperidine rings is 2. The number of aliphatic imine (C=N–C) groups is 1. The number of hydrogen-bond acceptors (Lipinski definition) is 3. The van der Waals surface area contributed by atoms with Gasteiger partial charge in [-0.05, 0) is 77.3 Å². The summed E-state index contributed by atoms with van der Waals surface area (Å²) in [6.07, 6.45) is 6.57. The monoisotopic (exact) mass is 399 g/mol. The Bertz CT molecular complexity index is 657. The number of nitrogens with zero attached hydrogens (tertiary/aromatic N) is 3. The lowest BCUT2D eigenvalue weighted by Gasteiger charge is -2.50. The highest BCUT2D eigenvalue weighted by molar-refractivity contribution is 5.79. The summed E-state index contributed by atoms with van der Waals surface area (Å²) in [7, 11) is 4.13. The number of aryl methyl sites for hydroxylation is 1. The van der Waals surface area contributed by atoms with Crippen molar-refractivity contribution >= 4 is 5.96 Å². The van der Waals surface area contributed by atoms with Crippen molar-refractivity contribution in [1.82, 2.24) is 20.4 Å². The van der Waals surface area contributed by atoms with Crippen LogP contribution in [0.2, 0.25) is 0 Å². The van der Waals surface area contributed by atoms with Crippen molar-refractivity contribution in [3.05, 3.63) is 35.4 Å². The van der Waals surface area contributed by atoms with E-state index in [1.165, 1.54) is 69.4 Å². The van der Waals surface area contributed by atoms with Gasteiger partial charge in [0, 0.05) is 25.7 Å². The highest BCUT2D eigenvalue weighted by Gasteiger charge is 2.39. The number of hydrogen-bond donors (Lipinski definition) is 2. The van der Waals surface area contributed by atoms with Crippen LogP contribution in [0.5, 0.6) is 0 Å². The highest BCUT2D eigenvalue weighted by Crippen LogP contribution is 2.30. The van der Waals surface area contributed by atoms with Crippen molar-refractivity contribution in [1.29, 1.82) is 0 Å². The van der Waals surface area contributed by atoms with E-state index in [1.807, 2.05) is 7.05 Å². The molecule has 0 saturated carbocycles. The quantitative estimate of drug-likeness (QED) is 0.569. The first-order valence-electron chi connectivity index (χ1n) is 11.5. The molecule has 1 aromatic carbocycles. The summed E-state index contributed by atoms with van der Waals surface area (Å²) in [5.41, 5.74) is 2.97. The molecule has 0 amide bonds. The van der Waals surface area contributed by atoms with Crippen LogP contribution in [0.1, 0.15) is 56.1 Å². The fourth-order valence-corrected chi connectivity index (χ4v) is 4.82. The lowest BCUT2D eigenvalue weighted by atomic mass is 9.84. The molecule has 0 bridgehead atoms. The standard InChI is InChI=1S/C24H41N5/c1-20-9-8-10-22(17-20)21(2)18-26-23(25-3)27-19-24(11-15-28(4)16-12-24)29-13-6-5-7-14-29/h8-10,17,21H,5-7,11-16,18-19H2,1-4H3,(H2,25,26,27). The van der Waals surface area contributed by atoms with E-state index in [1.54, 1.807) is 0 Å². The second-order valence-corrected chi connectivity index (χ2v) is 9.20.